The van der Waals surface area contributed by atoms with Crippen molar-refractivity contribution in [3.8, 4) is 0 Å². The predicted molar refractivity (Wildman–Crippen MR) is 82.3 cm³/mol. The summed E-state index contributed by atoms with van der Waals surface area (Å²) in [6, 6.07) is 1.82. The molecule has 4 heterocycles. The maximum absolute atomic E-state index is 12.4. The summed E-state index contributed by atoms with van der Waals surface area (Å²) in [5.41, 5.74) is 0.714. The molecule has 0 aromatic carbocycles. The molecule has 0 aliphatic rings. The third-order valence-corrected chi connectivity index (χ3v) is 3.83. The van der Waals surface area contributed by atoms with Crippen LogP contribution in [0.4, 0.5) is 0 Å². The quantitative estimate of drug-likeness (QED) is 0.499. The molecule has 4 aromatic rings. The molecule has 9 heteroatoms. The van der Waals surface area contributed by atoms with E-state index >= 15 is 0 Å². The molecule has 0 saturated heterocycles. The van der Waals surface area contributed by atoms with Gasteiger partial charge in [-0.15, -0.1) is 0 Å². The van der Waals surface area contributed by atoms with E-state index in [0.717, 1.165) is 10.3 Å². The molecule has 0 aliphatic heterocycles. The summed E-state index contributed by atoms with van der Waals surface area (Å²) in [6.07, 6.45) is 6.92. The number of hydrogen-bond donors (Lipinski definition) is 0. The molecule has 0 atom stereocenters. The Balaban J connectivity index is 1.89. The third-order valence-electron chi connectivity index (χ3n) is 3.83. The van der Waals surface area contributed by atoms with E-state index in [4.69, 9.17) is 0 Å². The van der Waals surface area contributed by atoms with E-state index in [1.54, 1.807) is 24.1 Å². The molecule has 116 valence electrons. The molecule has 0 fully saturated rings. The minimum Gasteiger partial charge on any atom is -0.319 e. The molecular formula is C14H13N7O2. The fraction of sp³-hybridized carbons (Fsp3) is 0.214. The van der Waals surface area contributed by atoms with Crippen LogP contribution in [0.15, 0.2) is 40.6 Å². The number of nitrogens with zero attached hydrogens (tertiary/aromatic N) is 7. The van der Waals surface area contributed by atoms with E-state index in [1.807, 2.05) is 22.9 Å². The zero-order chi connectivity index (χ0) is 16.1. The van der Waals surface area contributed by atoms with Crippen molar-refractivity contribution >= 4 is 16.9 Å². The second-order valence-corrected chi connectivity index (χ2v) is 5.31. The Bertz CT molecular complexity index is 1130. The first-order valence-electron chi connectivity index (χ1n) is 6.95. The Kier molecular flexibility index (Phi) is 2.71. The van der Waals surface area contributed by atoms with Crippen molar-refractivity contribution in [1.29, 1.82) is 0 Å². The topological polar surface area (TPSA) is 92.0 Å². The summed E-state index contributed by atoms with van der Waals surface area (Å²) >= 11 is 0. The molecule has 0 aliphatic carbocycles. The van der Waals surface area contributed by atoms with Crippen LogP contribution in [0, 0.1) is 0 Å². The van der Waals surface area contributed by atoms with Crippen molar-refractivity contribution in [3.05, 3.63) is 57.5 Å². The van der Waals surface area contributed by atoms with Crippen LogP contribution in [0.25, 0.3) is 16.9 Å². The first-order chi connectivity index (χ1) is 11.1. The van der Waals surface area contributed by atoms with Gasteiger partial charge in [-0.05, 0) is 6.07 Å². The van der Waals surface area contributed by atoms with Crippen molar-refractivity contribution in [3.63, 3.8) is 0 Å². The summed E-state index contributed by atoms with van der Waals surface area (Å²) < 4.78 is 5.94. The maximum atomic E-state index is 12.4. The highest BCUT2D eigenvalue weighted by molar-refractivity contribution is 5.70. The predicted octanol–water partition coefficient (Wildman–Crippen LogP) is -0.475. The molecule has 9 nitrogen and oxygen atoms in total. The van der Waals surface area contributed by atoms with E-state index < -0.39 is 5.69 Å². The smallest absolute Gasteiger partial charge is 0.319 e. The van der Waals surface area contributed by atoms with Gasteiger partial charge < -0.3 is 4.57 Å². The van der Waals surface area contributed by atoms with E-state index in [2.05, 4.69) is 15.0 Å². The second-order valence-electron chi connectivity index (χ2n) is 5.31. The van der Waals surface area contributed by atoms with Crippen molar-refractivity contribution in [2.75, 3.05) is 0 Å². The van der Waals surface area contributed by atoms with E-state index in [0.29, 0.717) is 23.5 Å². The zero-order valence-electron chi connectivity index (χ0n) is 12.5. The zero-order valence-corrected chi connectivity index (χ0v) is 12.5. The minimum absolute atomic E-state index is 0.361. The first kappa shape index (κ1) is 13.4. The lowest BCUT2D eigenvalue weighted by Crippen LogP contribution is -2.37. The average Bonchev–Trinajstić information content (AvgIpc) is 3.14. The molecule has 4 aromatic heterocycles. The monoisotopic (exact) mass is 311 g/mol. The van der Waals surface area contributed by atoms with Crippen LogP contribution in [0.3, 0.4) is 0 Å². The SMILES string of the molecule is Cn1c(=O)c2c(ncn2Cc2cn3cccnc3n2)n(C)c1=O. The van der Waals surface area contributed by atoms with E-state index in [9.17, 15) is 9.59 Å². The van der Waals surface area contributed by atoms with E-state index in [-0.39, 0.29) is 5.56 Å². The third kappa shape index (κ3) is 1.90. The molecule has 0 N–H and O–H groups in total. The summed E-state index contributed by atoms with van der Waals surface area (Å²) in [6.45, 7) is 0.368. The number of hydrogen-bond acceptors (Lipinski definition) is 5. The Hall–Kier alpha value is -3.23. The van der Waals surface area contributed by atoms with Gasteiger partial charge in [-0.25, -0.2) is 19.7 Å². The van der Waals surface area contributed by atoms with Gasteiger partial charge in [0.2, 0.25) is 5.78 Å². The maximum Gasteiger partial charge on any atom is 0.332 e. The normalized spacial score (nSPS) is 11.6. The summed E-state index contributed by atoms with van der Waals surface area (Å²) in [7, 11) is 3.05. The van der Waals surface area contributed by atoms with Gasteiger partial charge in [-0.1, -0.05) is 0 Å². The fourth-order valence-electron chi connectivity index (χ4n) is 2.65. The van der Waals surface area contributed by atoms with Gasteiger partial charge in [0.1, 0.15) is 0 Å². The van der Waals surface area contributed by atoms with Crippen LogP contribution in [0.5, 0.6) is 0 Å². The molecular weight excluding hydrogens is 298 g/mol. The highest BCUT2D eigenvalue weighted by Gasteiger charge is 2.15. The Morgan fingerprint density at radius 3 is 2.74 bits per heavy atom. The second kappa shape index (κ2) is 4.63. The van der Waals surface area contributed by atoms with Gasteiger partial charge in [-0.2, -0.15) is 0 Å². The molecule has 0 bridgehead atoms. The van der Waals surface area contributed by atoms with E-state index in [1.165, 1.54) is 11.6 Å². The Labute approximate surface area is 129 Å². The first-order valence-corrected chi connectivity index (χ1v) is 6.95. The molecule has 0 saturated carbocycles. The molecule has 0 spiro atoms. The van der Waals surface area contributed by atoms with Crippen molar-refractivity contribution < 1.29 is 0 Å². The van der Waals surface area contributed by atoms with Gasteiger partial charge in [0, 0.05) is 32.7 Å². The van der Waals surface area contributed by atoms with Crippen LogP contribution >= 0.6 is 0 Å². The largest absolute Gasteiger partial charge is 0.332 e. The number of imidazole rings is 2. The van der Waals surface area contributed by atoms with Crippen LogP contribution in [-0.2, 0) is 20.6 Å². The molecule has 0 amide bonds. The number of aromatic nitrogens is 7. The highest BCUT2D eigenvalue weighted by atomic mass is 16.2. The van der Waals surface area contributed by atoms with Crippen LogP contribution < -0.4 is 11.2 Å². The van der Waals surface area contributed by atoms with Crippen molar-refractivity contribution in [2.45, 2.75) is 6.54 Å². The van der Waals surface area contributed by atoms with Gasteiger partial charge in [0.05, 0.1) is 18.6 Å². The Morgan fingerprint density at radius 1 is 1.13 bits per heavy atom. The lowest BCUT2D eigenvalue weighted by molar-refractivity contribution is 0.701. The van der Waals surface area contributed by atoms with Crippen molar-refractivity contribution in [2.24, 2.45) is 14.1 Å². The number of aryl methyl sites for hydroxylation is 1. The lowest BCUT2D eigenvalue weighted by Gasteiger charge is -2.05. The highest BCUT2D eigenvalue weighted by Crippen LogP contribution is 2.09. The standard InChI is InChI=1S/C14H13N7O2/c1-18-11-10(12(22)19(2)14(18)23)21(8-16-11)7-9-6-20-5-3-4-15-13(20)17-9/h3-6,8H,7H2,1-2H3. The number of rotatable bonds is 2. The van der Waals surface area contributed by atoms with Gasteiger partial charge in [0.25, 0.3) is 5.56 Å². The van der Waals surface area contributed by atoms with Gasteiger partial charge >= 0.3 is 5.69 Å². The van der Waals surface area contributed by atoms with Gasteiger partial charge in [0.15, 0.2) is 11.2 Å². The lowest BCUT2D eigenvalue weighted by atomic mass is 10.4. The summed E-state index contributed by atoms with van der Waals surface area (Å²) in [5, 5.41) is 0. The molecule has 0 unspecified atom stereocenters. The number of fused-ring (bicyclic) bond motifs is 2. The average molecular weight is 311 g/mol. The van der Waals surface area contributed by atoms with Crippen LogP contribution in [0.2, 0.25) is 0 Å². The van der Waals surface area contributed by atoms with Crippen LogP contribution in [-0.4, -0.2) is 33.1 Å². The summed E-state index contributed by atoms with van der Waals surface area (Å²) in [5.74, 6) is 0.590. The molecule has 23 heavy (non-hydrogen) atoms. The van der Waals surface area contributed by atoms with Gasteiger partial charge in [-0.3, -0.25) is 18.3 Å². The summed E-state index contributed by atoms with van der Waals surface area (Å²) in [4.78, 5) is 37.1. The van der Waals surface area contributed by atoms with Crippen molar-refractivity contribution in [1.82, 2.24) is 33.1 Å². The fourth-order valence-corrected chi connectivity index (χ4v) is 2.65. The Morgan fingerprint density at radius 2 is 1.96 bits per heavy atom. The minimum atomic E-state index is -0.398. The molecule has 4 rings (SSSR count). The van der Waals surface area contributed by atoms with Crippen LogP contribution in [0.1, 0.15) is 5.69 Å². The molecule has 0 radical (unpaired) electrons.